The average Bonchev–Trinajstić information content (AvgIpc) is 2.04. The lowest BCUT2D eigenvalue weighted by atomic mass is 10.3. The zero-order chi connectivity index (χ0) is 9.56. The van der Waals surface area contributed by atoms with Crippen LogP contribution in [0.15, 0.2) is 0 Å². The van der Waals surface area contributed by atoms with E-state index in [0.29, 0.717) is 6.61 Å². The van der Waals surface area contributed by atoms with Gasteiger partial charge in [-0.3, -0.25) is 4.79 Å². The van der Waals surface area contributed by atoms with Crippen molar-refractivity contribution >= 4 is 5.97 Å². The molecule has 0 saturated carbocycles. The maximum atomic E-state index is 11.0. The molecule has 0 aromatic rings. The number of methoxy groups -OCH3 is 1. The fourth-order valence-corrected chi connectivity index (χ4v) is 0.700. The lowest BCUT2D eigenvalue weighted by Gasteiger charge is -2.15. The number of nitrogens with one attached hydrogen (secondary N) is 1. The van der Waals surface area contributed by atoms with Gasteiger partial charge in [0, 0.05) is 0 Å². The van der Waals surface area contributed by atoms with Crippen LogP contribution in [-0.4, -0.2) is 38.9 Å². The van der Waals surface area contributed by atoms with Gasteiger partial charge in [0.15, 0.2) is 0 Å². The Morgan fingerprint density at radius 1 is 1.50 bits per heavy atom. The summed E-state index contributed by atoms with van der Waals surface area (Å²) in [5, 5.41) is 2.81. The molecule has 0 rings (SSSR count). The SMILES string of the molecule is CNC(COC(C)C)C(=O)OC. The van der Waals surface area contributed by atoms with Crippen molar-refractivity contribution in [2.75, 3.05) is 20.8 Å². The molecular weight excluding hydrogens is 158 g/mol. The quantitative estimate of drug-likeness (QED) is 0.605. The monoisotopic (exact) mass is 175 g/mol. The molecule has 0 aromatic heterocycles. The summed E-state index contributed by atoms with van der Waals surface area (Å²) in [7, 11) is 3.06. The molecule has 0 amide bonds. The van der Waals surface area contributed by atoms with Crippen molar-refractivity contribution in [1.29, 1.82) is 0 Å². The van der Waals surface area contributed by atoms with E-state index in [2.05, 4.69) is 10.1 Å². The number of esters is 1. The highest BCUT2D eigenvalue weighted by atomic mass is 16.5. The van der Waals surface area contributed by atoms with Crippen molar-refractivity contribution in [2.24, 2.45) is 0 Å². The minimum atomic E-state index is -0.364. The molecule has 1 unspecified atom stereocenters. The van der Waals surface area contributed by atoms with Gasteiger partial charge in [0.2, 0.25) is 0 Å². The lowest BCUT2D eigenvalue weighted by molar-refractivity contribution is -0.145. The van der Waals surface area contributed by atoms with Crippen molar-refractivity contribution in [2.45, 2.75) is 26.0 Å². The van der Waals surface area contributed by atoms with E-state index >= 15 is 0 Å². The van der Waals surface area contributed by atoms with E-state index in [-0.39, 0.29) is 18.1 Å². The molecule has 72 valence electrons. The zero-order valence-electron chi connectivity index (χ0n) is 8.09. The highest BCUT2D eigenvalue weighted by molar-refractivity contribution is 5.75. The van der Waals surface area contributed by atoms with Gasteiger partial charge >= 0.3 is 5.97 Å². The van der Waals surface area contributed by atoms with Crippen LogP contribution in [0.5, 0.6) is 0 Å². The number of rotatable bonds is 5. The van der Waals surface area contributed by atoms with Crippen LogP contribution in [0.25, 0.3) is 0 Å². The minimum Gasteiger partial charge on any atom is -0.468 e. The molecule has 4 heteroatoms. The summed E-state index contributed by atoms with van der Waals surface area (Å²) < 4.78 is 9.81. The van der Waals surface area contributed by atoms with E-state index in [1.807, 2.05) is 13.8 Å². The Kier molecular flexibility index (Phi) is 5.66. The first kappa shape index (κ1) is 11.4. The van der Waals surface area contributed by atoms with Gasteiger partial charge in [-0.1, -0.05) is 0 Å². The van der Waals surface area contributed by atoms with Crippen molar-refractivity contribution in [3.8, 4) is 0 Å². The Balaban J connectivity index is 3.75. The smallest absolute Gasteiger partial charge is 0.325 e. The molecule has 0 aliphatic heterocycles. The van der Waals surface area contributed by atoms with Crippen molar-refractivity contribution in [3.63, 3.8) is 0 Å². The third-order valence-corrected chi connectivity index (χ3v) is 1.43. The van der Waals surface area contributed by atoms with Crippen LogP contribution in [-0.2, 0) is 14.3 Å². The van der Waals surface area contributed by atoms with Gasteiger partial charge in [-0.05, 0) is 20.9 Å². The first-order chi connectivity index (χ1) is 5.61. The second-order valence-corrected chi connectivity index (χ2v) is 2.75. The van der Waals surface area contributed by atoms with Crippen molar-refractivity contribution in [1.82, 2.24) is 5.32 Å². The van der Waals surface area contributed by atoms with Crippen LogP contribution in [0, 0.1) is 0 Å². The summed E-state index contributed by atoms with van der Waals surface area (Å²) in [6.07, 6.45) is 0.130. The standard InChI is InChI=1S/C8H17NO3/c1-6(2)12-5-7(9-3)8(10)11-4/h6-7,9H,5H2,1-4H3. The van der Waals surface area contributed by atoms with E-state index in [9.17, 15) is 4.79 Å². The molecule has 0 saturated heterocycles. The van der Waals surface area contributed by atoms with Gasteiger partial charge in [0.25, 0.3) is 0 Å². The summed E-state index contributed by atoms with van der Waals surface area (Å²) in [4.78, 5) is 11.0. The molecule has 0 aromatic carbocycles. The summed E-state index contributed by atoms with van der Waals surface area (Å²) in [5.41, 5.74) is 0. The number of carbonyl (C=O) groups excluding carboxylic acids is 1. The number of carbonyl (C=O) groups is 1. The molecule has 0 aliphatic rings. The minimum absolute atomic E-state index is 0.130. The van der Waals surface area contributed by atoms with Gasteiger partial charge in [-0.25, -0.2) is 0 Å². The number of likely N-dealkylation sites (N-methyl/N-ethyl adjacent to an activating group) is 1. The molecule has 0 radical (unpaired) electrons. The van der Waals surface area contributed by atoms with Gasteiger partial charge in [0.1, 0.15) is 6.04 Å². The lowest BCUT2D eigenvalue weighted by Crippen LogP contribution is -2.39. The van der Waals surface area contributed by atoms with Crippen LogP contribution >= 0.6 is 0 Å². The van der Waals surface area contributed by atoms with E-state index in [1.165, 1.54) is 7.11 Å². The molecular formula is C8H17NO3. The molecule has 4 nitrogen and oxygen atoms in total. The molecule has 0 spiro atoms. The Morgan fingerprint density at radius 2 is 2.08 bits per heavy atom. The predicted octanol–water partition coefficient (Wildman–Crippen LogP) is 0.172. The Bertz CT molecular complexity index is 136. The molecule has 1 N–H and O–H groups in total. The summed E-state index contributed by atoms with van der Waals surface area (Å²) in [6, 6.07) is -0.364. The van der Waals surface area contributed by atoms with Crippen molar-refractivity contribution in [3.05, 3.63) is 0 Å². The summed E-state index contributed by atoms with van der Waals surface area (Å²) in [6.45, 7) is 4.19. The van der Waals surface area contributed by atoms with Gasteiger partial charge in [-0.2, -0.15) is 0 Å². The van der Waals surface area contributed by atoms with E-state index in [4.69, 9.17) is 4.74 Å². The fourth-order valence-electron chi connectivity index (χ4n) is 0.700. The van der Waals surface area contributed by atoms with Crippen LogP contribution in [0.2, 0.25) is 0 Å². The topological polar surface area (TPSA) is 47.6 Å². The van der Waals surface area contributed by atoms with Crippen LogP contribution < -0.4 is 5.32 Å². The molecule has 0 bridgehead atoms. The second kappa shape index (κ2) is 5.97. The van der Waals surface area contributed by atoms with Crippen LogP contribution in [0.3, 0.4) is 0 Å². The average molecular weight is 175 g/mol. The summed E-state index contributed by atoms with van der Waals surface area (Å²) >= 11 is 0. The number of hydrogen-bond acceptors (Lipinski definition) is 4. The van der Waals surface area contributed by atoms with Crippen molar-refractivity contribution < 1.29 is 14.3 Å². The summed E-state index contributed by atoms with van der Waals surface area (Å²) in [5.74, 6) is -0.293. The third-order valence-electron chi connectivity index (χ3n) is 1.43. The molecule has 1 atom stereocenters. The Labute approximate surface area is 73.2 Å². The first-order valence-electron chi connectivity index (χ1n) is 3.98. The Hall–Kier alpha value is -0.610. The maximum Gasteiger partial charge on any atom is 0.325 e. The second-order valence-electron chi connectivity index (χ2n) is 2.75. The molecule has 12 heavy (non-hydrogen) atoms. The highest BCUT2D eigenvalue weighted by Crippen LogP contribution is 1.93. The molecule has 0 fully saturated rings. The molecule has 0 aliphatic carbocycles. The maximum absolute atomic E-state index is 11.0. The Morgan fingerprint density at radius 3 is 2.42 bits per heavy atom. The largest absolute Gasteiger partial charge is 0.468 e. The highest BCUT2D eigenvalue weighted by Gasteiger charge is 2.16. The number of hydrogen-bond donors (Lipinski definition) is 1. The fraction of sp³-hybridized carbons (Fsp3) is 0.875. The normalized spacial score (nSPS) is 13.1. The third kappa shape index (κ3) is 4.31. The van der Waals surface area contributed by atoms with E-state index in [0.717, 1.165) is 0 Å². The molecule has 0 heterocycles. The zero-order valence-corrected chi connectivity index (χ0v) is 8.09. The van der Waals surface area contributed by atoms with Gasteiger partial charge in [0.05, 0.1) is 19.8 Å². The predicted molar refractivity (Wildman–Crippen MR) is 46.0 cm³/mol. The number of ether oxygens (including phenoxy) is 2. The van der Waals surface area contributed by atoms with E-state index < -0.39 is 0 Å². The van der Waals surface area contributed by atoms with Gasteiger partial charge in [-0.15, -0.1) is 0 Å². The van der Waals surface area contributed by atoms with Crippen LogP contribution in [0.1, 0.15) is 13.8 Å². The van der Waals surface area contributed by atoms with E-state index in [1.54, 1.807) is 7.05 Å². The van der Waals surface area contributed by atoms with Gasteiger partial charge < -0.3 is 14.8 Å². The van der Waals surface area contributed by atoms with Crippen LogP contribution in [0.4, 0.5) is 0 Å². The first-order valence-corrected chi connectivity index (χ1v) is 3.98.